The third kappa shape index (κ3) is 3.34. The molecule has 0 N–H and O–H groups in total. The lowest BCUT2D eigenvalue weighted by molar-refractivity contribution is -0.129. The normalized spacial score (nSPS) is 22.0. The lowest BCUT2D eigenvalue weighted by Crippen LogP contribution is -2.46. The molecule has 1 fully saturated rings. The Labute approximate surface area is 182 Å². The second kappa shape index (κ2) is 7.59. The van der Waals surface area contributed by atoms with Gasteiger partial charge in [0.05, 0.1) is 16.9 Å². The Bertz CT molecular complexity index is 1220. The van der Waals surface area contributed by atoms with Crippen LogP contribution in [0, 0.1) is 0 Å². The monoisotopic (exact) mass is 433 g/mol. The van der Waals surface area contributed by atoms with Crippen molar-refractivity contribution in [2.24, 2.45) is 0 Å². The van der Waals surface area contributed by atoms with Crippen molar-refractivity contribution in [3.8, 4) is 0 Å². The summed E-state index contributed by atoms with van der Waals surface area (Å²) in [5, 5.41) is 0. The molecule has 1 atom stereocenters. The van der Waals surface area contributed by atoms with Crippen molar-refractivity contribution in [2.75, 3.05) is 13.1 Å². The van der Waals surface area contributed by atoms with Crippen molar-refractivity contribution < 1.29 is 13.2 Å². The molecule has 1 saturated heterocycles. The predicted molar refractivity (Wildman–Crippen MR) is 116 cm³/mol. The number of pyridine rings is 1. The van der Waals surface area contributed by atoms with Crippen LogP contribution in [-0.4, -0.2) is 41.6 Å². The van der Waals surface area contributed by atoms with Crippen LogP contribution in [0.5, 0.6) is 0 Å². The van der Waals surface area contributed by atoms with E-state index >= 15 is 0 Å². The number of aromatic nitrogens is 1. The zero-order valence-electron chi connectivity index (χ0n) is 17.0. The Kier molecular flexibility index (Phi) is 4.87. The molecule has 3 heterocycles. The molecule has 1 amide bonds. The predicted octanol–water partition coefficient (Wildman–Crippen LogP) is 2.96. The van der Waals surface area contributed by atoms with Crippen LogP contribution in [-0.2, 0) is 33.3 Å². The fourth-order valence-corrected chi connectivity index (χ4v) is 6.82. The molecular formula is C24H23N3O3S. The third-order valence-electron chi connectivity index (χ3n) is 6.28. The number of benzene rings is 2. The zero-order chi connectivity index (χ0) is 21.5. The van der Waals surface area contributed by atoms with Crippen molar-refractivity contribution in [1.29, 1.82) is 0 Å². The molecule has 0 aliphatic carbocycles. The quantitative estimate of drug-likeness (QED) is 0.634. The SMILES string of the molecule is O=C(Cc1ccccc1)N1CC[C@@]2(C1)c1ccccc1S(=O)(=O)N2Cc1cccnc1. The molecule has 0 unspecified atom stereocenters. The van der Waals surface area contributed by atoms with Gasteiger partial charge in [-0.2, -0.15) is 4.31 Å². The van der Waals surface area contributed by atoms with Crippen molar-refractivity contribution in [1.82, 2.24) is 14.2 Å². The molecule has 7 heteroatoms. The highest BCUT2D eigenvalue weighted by Crippen LogP contribution is 2.50. The molecule has 31 heavy (non-hydrogen) atoms. The van der Waals surface area contributed by atoms with Gasteiger partial charge >= 0.3 is 0 Å². The number of amides is 1. The van der Waals surface area contributed by atoms with Crippen LogP contribution in [0.15, 0.2) is 84.0 Å². The highest BCUT2D eigenvalue weighted by molar-refractivity contribution is 7.89. The first kappa shape index (κ1) is 19.9. The minimum Gasteiger partial charge on any atom is -0.340 e. The van der Waals surface area contributed by atoms with Gasteiger partial charge in [-0.15, -0.1) is 0 Å². The number of sulfonamides is 1. The third-order valence-corrected chi connectivity index (χ3v) is 8.25. The van der Waals surface area contributed by atoms with E-state index in [0.29, 0.717) is 30.8 Å². The van der Waals surface area contributed by atoms with Crippen LogP contribution in [0.25, 0.3) is 0 Å². The first-order valence-corrected chi connectivity index (χ1v) is 11.8. The summed E-state index contributed by atoms with van der Waals surface area (Å²) in [6, 6.07) is 20.5. The first-order chi connectivity index (χ1) is 15.0. The molecule has 6 nitrogen and oxygen atoms in total. The Morgan fingerprint density at radius 2 is 1.71 bits per heavy atom. The number of carbonyl (C=O) groups excluding carboxylic acids is 1. The van der Waals surface area contributed by atoms with Gasteiger partial charge in [0.25, 0.3) is 0 Å². The second-order valence-corrected chi connectivity index (χ2v) is 9.96. The smallest absolute Gasteiger partial charge is 0.244 e. The molecule has 3 aromatic rings. The lowest BCUT2D eigenvalue weighted by Gasteiger charge is -2.34. The van der Waals surface area contributed by atoms with Crippen LogP contribution >= 0.6 is 0 Å². The minimum atomic E-state index is -3.68. The molecule has 158 valence electrons. The number of fused-ring (bicyclic) bond motifs is 2. The van der Waals surface area contributed by atoms with Gasteiger partial charge < -0.3 is 4.90 Å². The van der Waals surface area contributed by atoms with Gasteiger partial charge in [0.1, 0.15) is 0 Å². The summed E-state index contributed by atoms with van der Waals surface area (Å²) >= 11 is 0. The molecule has 1 aromatic heterocycles. The van der Waals surface area contributed by atoms with E-state index < -0.39 is 15.6 Å². The highest BCUT2D eigenvalue weighted by atomic mass is 32.2. The minimum absolute atomic E-state index is 0.0196. The number of hydrogen-bond donors (Lipinski definition) is 0. The fourth-order valence-electron chi connectivity index (χ4n) is 4.77. The fraction of sp³-hybridized carbons (Fsp3) is 0.250. The van der Waals surface area contributed by atoms with Crippen LogP contribution < -0.4 is 0 Å². The van der Waals surface area contributed by atoms with E-state index in [1.165, 1.54) is 0 Å². The van der Waals surface area contributed by atoms with E-state index in [4.69, 9.17) is 0 Å². The zero-order valence-corrected chi connectivity index (χ0v) is 17.8. The maximum absolute atomic E-state index is 13.5. The van der Waals surface area contributed by atoms with Gasteiger partial charge in [0.15, 0.2) is 0 Å². The molecule has 2 aliphatic heterocycles. The summed E-state index contributed by atoms with van der Waals surface area (Å²) in [5.74, 6) is 0.0196. The average molecular weight is 434 g/mol. The Morgan fingerprint density at radius 3 is 2.48 bits per heavy atom. The van der Waals surface area contributed by atoms with Gasteiger partial charge in [-0.25, -0.2) is 8.42 Å². The topological polar surface area (TPSA) is 70.6 Å². The van der Waals surface area contributed by atoms with Crippen molar-refractivity contribution >= 4 is 15.9 Å². The van der Waals surface area contributed by atoms with Crippen molar-refractivity contribution in [3.63, 3.8) is 0 Å². The first-order valence-electron chi connectivity index (χ1n) is 10.3. The summed E-state index contributed by atoms with van der Waals surface area (Å²) in [4.78, 5) is 19.3. The van der Waals surface area contributed by atoms with Crippen LogP contribution in [0.3, 0.4) is 0 Å². The van der Waals surface area contributed by atoms with Gasteiger partial charge in [-0.3, -0.25) is 9.78 Å². The Balaban J connectivity index is 1.50. The summed E-state index contributed by atoms with van der Waals surface area (Å²) in [5.41, 5.74) is 1.82. The van der Waals surface area contributed by atoms with Gasteiger partial charge in [0, 0.05) is 32.0 Å². The van der Waals surface area contributed by atoms with E-state index in [2.05, 4.69) is 4.98 Å². The Morgan fingerprint density at radius 1 is 0.968 bits per heavy atom. The van der Waals surface area contributed by atoms with Gasteiger partial charge in [-0.05, 0) is 35.2 Å². The molecule has 0 radical (unpaired) electrons. The summed E-state index contributed by atoms with van der Waals surface area (Å²) < 4.78 is 28.6. The van der Waals surface area contributed by atoms with Crippen LogP contribution in [0.4, 0.5) is 0 Å². The molecule has 0 saturated carbocycles. The number of carbonyl (C=O) groups is 1. The maximum Gasteiger partial charge on any atom is 0.244 e. The van der Waals surface area contributed by atoms with E-state index in [9.17, 15) is 13.2 Å². The van der Waals surface area contributed by atoms with Crippen molar-refractivity contribution in [2.45, 2.75) is 29.8 Å². The number of nitrogens with zero attached hydrogens (tertiary/aromatic N) is 3. The van der Waals surface area contributed by atoms with E-state index in [-0.39, 0.29) is 12.5 Å². The van der Waals surface area contributed by atoms with Gasteiger partial charge in [0.2, 0.25) is 15.9 Å². The van der Waals surface area contributed by atoms with E-state index in [0.717, 1.165) is 16.7 Å². The molecule has 1 spiro atoms. The molecule has 2 aromatic carbocycles. The summed E-state index contributed by atoms with van der Waals surface area (Å²) in [6.45, 7) is 1.11. The van der Waals surface area contributed by atoms with Crippen LogP contribution in [0.1, 0.15) is 23.1 Å². The maximum atomic E-state index is 13.5. The second-order valence-electron chi connectivity index (χ2n) is 8.13. The van der Waals surface area contributed by atoms with Crippen LogP contribution in [0.2, 0.25) is 0 Å². The standard InChI is InChI=1S/C24H23N3O3S/c28-23(15-19-7-2-1-3-8-19)26-14-12-24(18-26)21-10-4-5-11-22(21)31(29,30)27(24)17-20-9-6-13-25-16-20/h1-11,13,16H,12,14-15,17-18H2/t24-/m1/s1. The number of rotatable bonds is 4. The lowest BCUT2D eigenvalue weighted by atomic mass is 9.88. The molecule has 0 bridgehead atoms. The molecular weight excluding hydrogens is 410 g/mol. The Hall–Kier alpha value is -3.03. The number of hydrogen-bond acceptors (Lipinski definition) is 4. The highest BCUT2D eigenvalue weighted by Gasteiger charge is 2.57. The largest absolute Gasteiger partial charge is 0.340 e. The molecule has 2 aliphatic rings. The average Bonchev–Trinajstić information content (AvgIpc) is 3.31. The van der Waals surface area contributed by atoms with E-state index in [1.807, 2.05) is 54.6 Å². The molecule has 5 rings (SSSR count). The summed E-state index contributed by atoms with van der Waals surface area (Å²) in [6.07, 6.45) is 4.25. The van der Waals surface area contributed by atoms with E-state index in [1.54, 1.807) is 33.7 Å². The number of likely N-dealkylation sites (tertiary alicyclic amines) is 1. The van der Waals surface area contributed by atoms with Crippen molar-refractivity contribution in [3.05, 3.63) is 95.8 Å². The summed E-state index contributed by atoms with van der Waals surface area (Å²) in [7, 11) is -3.68. The van der Waals surface area contributed by atoms with Gasteiger partial charge in [-0.1, -0.05) is 54.6 Å².